The quantitative estimate of drug-likeness (QED) is 0.760. The highest BCUT2D eigenvalue weighted by molar-refractivity contribution is 5.86. The van der Waals surface area contributed by atoms with Crippen LogP contribution < -0.4 is 0 Å². The number of aromatic nitrogens is 2. The summed E-state index contributed by atoms with van der Waals surface area (Å²) < 4.78 is 12.1. The summed E-state index contributed by atoms with van der Waals surface area (Å²) in [6.07, 6.45) is 3.37. The van der Waals surface area contributed by atoms with Gasteiger partial charge in [0.25, 0.3) is 0 Å². The van der Waals surface area contributed by atoms with Gasteiger partial charge in [-0.3, -0.25) is 4.68 Å². The second kappa shape index (κ2) is 4.86. The maximum absolute atomic E-state index is 11.5. The third-order valence-corrected chi connectivity index (χ3v) is 2.08. The van der Waals surface area contributed by atoms with E-state index in [0.717, 1.165) is 0 Å². The van der Waals surface area contributed by atoms with Crippen molar-refractivity contribution in [3.63, 3.8) is 0 Å². The van der Waals surface area contributed by atoms with Crippen molar-refractivity contribution in [1.82, 2.24) is 9.78 Å². The topological polar surface area (TPSA) is 57.3 Å². The highest BCUT2D eigenvalue weighted by atomic mass is 16.6. The number of esters is 1. The molecule has 5 nitrogen and oxygen atoms in total. The maximum atomic E-state index is 11.5. The van der Waals surface area contributed by atoms with Gasteiger partial charge in [0.05, 0.1) is 12.6 Å². The fourth-order valence-corrected chi connectivity index (χ4v) is 1.40. The minimum atomic E-state index is -0.438. The lowest BCUT2D eigenvalue weighted by atomic mass is 10.4. The third-order valence-electron chi connectivity index (χ3n) is 2.08. The van der Waals surface area contributed by atoms with Crippen LogP contribution in [0.5, 0.6) is 0 Å². The number of hydrogen-bond acceptors (Lipinski definition) is 4. The lowest BCUT2D eigenvalue weighted by Gasteiger charge is -2.05. The first kappa shape index (κ1) is 11.4. The minimum Gasteiger partial charge on any atom is -0.457 e. The number of rotatable bonds is 4. The first-order chi connectivity index (χ1) is 8.15. The Labute approximate surface area is 99.0 Å². The summed E-state index contributed by atoms with van der Waals surface area (Å²) in [5.74, 6) is 0.456. The Hall–Kier alpha value is -2.04. The zero-order valence-electron chi connectivity index (χ0n) is 9.79. The molecule has 0 N–H and O–H groups in total. The van der Waals surface area contributed by atoms with E-state index in [0.29, 0.717) is 12.3 Å². The molecule has 2 aromatic rings. The summed E-state index contributed by atoms with van der Waals surface area (Å²) >= 11 is 0. The number of nitrogens with zero attached hydrogens (tertiary/aromatic N) is 2. The molecule has 0 aliphatic heterocycles. The second-order valence-corrected chi connectivity index (χ2v) is 3.92. The van der Waals surface area contributed by atoms with Gasteiger partial charge in [-0.2, -0.15) is 5.10 Å². The molecule has 0 aliphatic carbocycles. The van der Waals surface area contributed by atoms with Crippen LogP contribution in [-0.4, -0.2) is 21.9 Å². The molecule has 0 radical (unpaired) electrons. The van der Waals surface area contributed by atoms with Crippen molar-refractivity contribution < 1.29 is 13.9 Å². The van der Waals surface area contributed by atoms with Crippen LogP contribution in [0.4, 0.5) is 0 Å². The van der Waals surface area contributed by atoms with Gasteiger partial charge in [0.1, 0.15) is 5.76 Å². The van der Waals surface area contributed by atoms with E-state index in [1.54, 1.807) is 36.9 Å². The molecule has 0 unspecified atom stereocenters. The average molecular weight is 234 g/mol. The van der Waals surface area contributed by atoms with E-state index >= 15 is 0 Å². The van der Waals surface area contributed by atoms with E-state index in [1.807, 2.05) is 12.3 Å². The molecular formula is C12H14N2O3. The molecule has 0 aromatic carbocycles. The molecule has 17 heavy (non-hydrogen) atoms. The Bertz CT molecular complexity index is 486. The highest BCUT2D eigenvalue weighted by Gasteiger charge is 2.14. The van der Waals surface area contributed by atoms with E-state index in [2.05, 4.69) is 5.10 Å². The van der Waals surface area contributed by atoms with Crippen molar-refractivity contribution in [1.29, 1.82) is 0 Å². The van der Waals surface area contributed by atoms with Crippen LogP contribution in [-0.2, 0) is 11.3 Å². The van der Waals surface area contributed by atoms with Gasteiger partial charge in [0.2, 0.25) is 5.76 Å². The lowest BCUT2D eigenvalue weighted by Crippen LogP contribution is -2.10. The summed E-state index contributed by atoms with van der Waals surface area (Å²) in [5.41, 5.74) is 0. The van der Waals surface area contributed by atoms with Crippen molar-refractivity contribution in [3.05, 3.63) is 42.1 Å². The molecule has 2 rings (SSSR count). The molecule has 5 heteroatoms. The Morgan fingerprint density at radius 1 is 1.53 bits per heavy atom. The van der Waals surface area contributed by atoms with Crippen LogP contribution in [0.1, 0.15) is 30.2 Å². The summed E-state index contributed by atoms with van der Waals surface area (Å²) in [5, 5.41) is 4.05. The molecule has 0 atom stereocenters. The lowest BCUT2D eigenvalue weighted by molar-refractivity contribution is 0.0339. The third kappa shape index (κ3) is 2.96. The normalized spacial score (nSPS) is 10.8. The van der Waals surface area contributed by atoms with Gasteiger partial charge in [-0.05, 0) is 32.0 Å². The summed E-state index contributed by atoms with van der Waals surface area (Å²) in [6, 6.07) is 5.19. The monoisotopic (exact) mass is 234 g/mol. The summed E-state index contributed by atoms with van der Waals surface area (Å²) in [7, 11) is 0. The van der Waals surface area contributed by atoms with Crippen LogP contribution in [0.25, 0.3) is 0 Å². The summed E-state index contributed by atoms with van der Waals surface area (Å²) in [6.45, 7) is 4.10. The van der Waals surface area contributed by atoms with E-state index in [9.17, 15) is 4.79 Å². The van der Waals surface area contributed by atoms with Crippen molar-refractivity contribution in [3.8, 4) is 0 Å². The van der Waals surface area contributed by atoms with E-state index in [4.69, 9.17) is 9.15 Å². The van der Waals surface area contributed by atoms with Gasteiger partial charge in [-0.25, -0.2) is 4.79 Å². The van der Waals surface area contributed by atoms with Crippen LogP contribution in [0.2, 0.25) is 0 Å². The predicted molar refractivity (Wildman–Crippen MR) is 60.6 cm³/mol. The molecule has 0 fully saturated rings. The minimum absolute atomic E-state index is 0.151. The zero-order chi connectivity index (χ0) is 12.3. The highest BCUT2D eigenvalue weighted by Crippen LogP contribution is 2.11. The molecule has 0 saturated carbocycles. The standard InChI is InChI=1S/C12H14N2O3/c1-9(2)16-12(15)11-5-4-10(17-11)8-14-7-3-6-13-14/h3-7,9H,8H2,1-2H3. The molecule has 90 valence electrons. The van der Waals surface area contributed by atoms with E-state index < -0.39 is 5.97 Å². The molecule has 2 heterocycles. The number of ether oxygens (including phenoxy) is 1. The largest absolute Gasteiger partial charge is 0.457 e. The number of furan rings is 1. The van der Waals surface area contributed by atoms with Crippen LogP contribution >= 0.6 is 0 Å². The van der Waals surface area contributed by atoms with Crippen molar-refractivity contribution >= 4 is 5.97 Å². The average Bonchev–Trinajstić information content (AvgIpc) is 2.88. The zero-order valence-corrected chi connectivity index (χ0v) is 9.79. The Morgan fingerprint density at radius 2 is 2.35 bits per heavy atom. The second-order valence-electron chi connectivity index (χ2n) is 3.92. The fraction of sp³-hybridized carbons (Fsp3) is 0.333. The van der Waals surface area contributed by atoms with Gasteiger partial charge in [-0.1, -0.05) is 0 Å². The molecule has 0 amide bonds. The molecule has 0 saturated heterocycles. The van der Waals surface area contributed by atoms with Crippen LogP contribution in [0.3, 0.4) is 0 Å². The van der Waals surface area contributed by atoms with Gasteiger partial charge < -0.3 is 9.15 Å². The number of hydrogen-bond donors (Lipinski definition) is 0. The Kier molecular flexibility index (Phi) is 3.27. The number of carbonyl (C=O) groups excluding carboxylic acids is 1. The molecule has 0 bridgehead atoms. The van der Waals surface area contributed by atoms with E-state index in [1.165, 1.54) is 0 Å². The van der Waals surface area contributed by atoms with Crippen molar-refractivity contribution in [2.24, 2.45) is 0 Å². The maximum Gasteiger partial charge on any atom is 0.374 e. The van der Waals surface area contributed by atoms with Crippen molar-refractivity contribution in [2.45, 2.75) is 26.5 Å². The molecule has 0 aliphatic rings. The molecule has 2 aromatic heterocycles. The smallest absolute Gasteiger partial charge is 0.374 e. The van der Waals surface area contributed by atoms with Crippen LogP contribution in [0.15, 0.2) is 35.0 Å². The first-order valence-corrected chi connectivity index (χ1v) is 5.42. The number of carbonyl (C=O) groups is 1. The fourth-order valence-electron chi connectivity index (χ4n) is 1.40. The van der Waals surface area contributed by atoms with Gasteiger partial charge in [-0.15, -0.1) is 0 Å². The SMILES string of the molecule is CC(C)OC(=O)c1ccc(Cn2cccn2)o1. The Morgan fingerprint density at radius 3 is 3.00 bits per heavy atom. The predicted octanol–water partition coefficient (Wildman–Crippen LogP) is 2.09. The molecular weight excluding hydrogens is 220 g/mol. The van der Waals surface area contributed by atoms with Gasteiger partial charge >= 0.3 is 5.97 Å². The first-order valence-electron chi connectivity index (χ1n) is 5.42. The van der Waals surface area contributed by atoms with E-state index in [-0.39, 0.29) is 11.9 Å². The summed E-state index contributed by atoms with van der Waals surface area (Å²) in [4.78, 5) is 11.5. The van der Waals surface area contributed by atoms with Gasteiger partial charge in [0, 0.05) is 12.4 Å². The Balaban J connectivity index is 2.03. The molecule has 0 spiro atoms. The van der Waals surface area contributed by atoms with Crippen molar-refractivity contribution in [2.75, 3.05) is 0 Å². The van der Waals surface area contributed by atoms with Gasteiger partial charge in [0.15, 0.2) is 0 Å². The van der Waals surface area contributed by atoms with Crippen LogP contribution in [0, 0.1) is 0 Å².